The number of nitrogens with one attached hydrogen (secondary N) is 1. The molecule has 0 aliphatic rings. The summed E-state index contributed by atoms with van der Waals surface area (Å²) in [6.07, 6.45) is 77.6. The number of aliphatic hydroxyl groups is 2. The largest absolute Gasteiger partial charge is 0.466 e. The van der Waals surface area contributed by atoms with E-state index in [0.717, 1.165) is 51.4 Å². The Morgan fingerprint density at radius 3 is 0.986 bits per heavy atom. The van der Waals surface area contributed by atoms with Gasteiger partial charge in [0.15, 0.2) is 0 Å². The van der Waals surface area contributed by atoms with Crippen LogP contribution in [0.5, 0.6) is 0 Å². The topological polar surface area (TPSA) is 95.9 Å². The van der Waals surface area contributed by atoms with E-state index in [0.29, 0.717) is 19.4 Å². The first-order valence-corrected chi connectivity index (χ1v) is 32.3. The van der Waals surface area contributed by atoms with Crippen LogP contribution in [0.3, 0.4) is 0 Å². The number of hydrogen-bond acceptors (Lipinski definition) is 5. The Hall–Kier alpha value is -1.92. The molecule has 2 unspecified atom stereocenters. The van der Waals surface area contributed by atoms with Crippen LogP contribution < -0.4 is 5.32 Å². The standard InChI is InChI=1S/C66H125NO5/c1-3-5-7-9-11-13-15-17-19-20-21-22-23-25-28-31-34-38-42-46-50-54-58-64(69)63(62-68)67-65(70)59-55-51-47-43-39-35-32-29-26-24-27-30-33-37-41-45-49-53-57-61-72-66(71)60-56-52-48-44-40-36-18-16-14-12-10-8-6-4-2/h16,18,24,26,54,58,63-64,68-69H,3-15,17,19-23,25,27-53,55-57,59-62H2,1-2H3,(H,67,70)/b18-16-,26-24-,58-54+. The average molecular weight is 1010 g/mol. The van der Waals surface area contributed by atoms with Crippen LogP contribution in [0.25, 0.3) is 0 Å². The van der Waals surface area contributed by atoms with Gasteiger partial charge in [-0.25, -0.2) is 0 Å². The zero-order valence-electron chi connectivity index (χ0n) is 48.4. The number of carbonyl (C=O) groups is 2. The quantitative estimate of drug-likeness (QED) is 0.0320. The first-order valence-electron chi connectivity index (χ1n) is 32.3. The Labute approximate surface area is 449 Å². The number of ether oxygens (including phenoxy) is 1. The second kappa shape index (κ2) is 61.6. The van der Waals surface area contributed by atoms with Crippen LogP contribution in [-0.4, -0.2) is 47.4 Å². The molecule has 2 atom stereocenters. The fourth-order valence-electron chi connectivity index (χ4n) is 9.92. The van der Waals surface area contributed by atoms with Crippen LogP contribution in [0.15, 0.2) is 36.5 Å². The van der Waals surface area contributed by atoms with Crippen molar-refractivity contribution in [3.63, 3.8) is 0 Å². The summed E-state index contributed by atoms with van der Waals surface area (Å²) in [7, 11) is 0. The van der Waals surface area contributed by atoms with Gasteiger partial charge in [-0.1, -0.05) is 288 Å². The van der Waals surface area contributed by atoms with Gasteiger partial charge in [-0.15, -0.1) is 0 Å². The maximum absolute atomic E-state index is 12.5. The summed E-state index contributed by atoms with van der Waals surface area (Å²) in [4.78, 5) is 24.5. The third-order valence-corrected chi connectivity index (χ3v) is 14.9. The molecule has 0 bridgehead atoms. The molecule has 0 fully saturated rings. The van der Waals surface area contributed by atoms with Gasteiger partial charge >= 0.3 is 5.97 Å². The molecule has 0 heterocycles. The van der Waals surface area contributed by atoms with Crippen LogP contribution in [0.1, 0.15) is 348 Å². The number of amides is 1. The lowest BCUT2D eigenvalue weighted by molar-refractivity contribution is -0.143. The molecule has 0 radical (unpaired) electrons. The smallest absolute Gasteiger partial charge is 0.305 e. The predicted octanol–water partition coefficient (Wildman–Crippen LogP) is 20.4. The van der Waals surface area contributed by atoms with Gasteiger partial charge in [-0.05, 0) is 83.5 Å². The zero-order valence-corrected chi connectivity index (χ0v) is 48.4. The molecule has 0 rings (SSSR count). The maximum atomic E-state index is 12.5. The molecule has 0 aliphatic heterocycles. The Kier molecular flexibility index (Phi) is 60.0. The monoisotopic (exact) mass is 1010 g/mol. The number of unbranched alkanes of at least 4 members (excludes halogenated alkanes) is 45. The molecule has 424 valence electrons. The SMILES string of the molecule is CCCCCCC/C=C\CCCCCCCC(=O)OCCCCCCCCCC/C=C\CCCCCCCCCC(=O)NC(CO)C(O)/C=C/CCCCCCCCCCCCCCCCCCCCCC. The Bertz CT molecular complexity index is 1170. The van der Waals surface area contributed by atoms with Gasteiger partial charge in [-0.3, -0.25) is 9.59 Å². The number of rotatable bonds is 60. The first-order chi connectivity index (χ1) is 35.5. The van der Waals surface area contributed by atoms with Crippen molar-refractivity contribution in [1.29, 1.82) is 0 Å². The molecule has 0 aromatic carbocycles. The van der Waals surface area contributed by atoms with Crippen molar-refractivity contribution in [2.24, 2.45) is 0 Å². The fourth-order valence-corrected chi connectivity index (χ4v) is 9.92. The van der Waals surface area contributed by atoms with Gasteiger partial charge in [0.25, 0.3) is 0 Å². The molecule has 0 aromatic rings. The number of hydrogen-bond donors (Lipinski definition) is 3. The summed E-state index contributed by atoms with van der Waals surface area (Å²) >= 11 is 0. The van der Waals surface area contributed by atoms with Crippen LogP contribution in [0.2, 0.25) is 0 Å². The van der Waals surface area contributed by atoms with Crippen molar-refractivity contribution in [2.45, 2.75) is 360 Å². The van der Waals surface area contributed by atoms with Gasteiger partial charge in [0.05, 0.1) is 25.4 Å². The fraction of sp³-hybridized carbons (Fsp3) is 0.879. The molecule has 0 spiro atoms. The number of esters is 1. The lowest BCUT2D eigenvalue weighted by Gasteiger charge is -2.20. The second-order valence-corrected chi connectivity index (χ2v) is 22.1. The molecular weight excluding hydrogens is 887 g/mol. The highest BCUT2D eigenvalue weighted by atomic mass is 16.5. The van der Waals surface area contributed by atoms with E-state index in [1.54, 1.807) is 6.08 Å². The van der Waals surface area contributed by atoms with E-state index in [-0.39, 0.29) is 18.5 Å². The van der Waals surface area contributed by atoms with E-state index in [4.69, 9.17) is 4.74 Å². The normalized spacial score (nSPS) is 12.8. The lowest BCUT2D eigenvalue weighted by Crippen LogP contribution is -2.45. The van der Waals surface area contributed by atoms with Crippen molar-refractivity contribution < 1.29 is 24.5 Å². The van der Waals surface area contributed by atoms with Gasteiger partial charge < -0.3 is 20.3 Å². The van der Waals surface area contributed by atoms with Crippen LogP contribution in [0, 0.1) is 0 Å². The summed E-state index contributed by atoms with van der Waals surface area (Å²) in [6.45, 7) is 4.90. The van der Waals surface area contributed by atoms with E-state index in [9.17, 15) is 19.8 Å². The van der Waals surface area contributed by atoms with Gasteiger partial charge in [-0.2, -0.15) is 0 Å². The molecule has 1 amide bonds. The Balaban J connectivity index is 3.47. The van der Waals surface area contributed by atoms with Crippen molar-refractivity contribution in [1.82, 2.24) is 5.32 Å². The number of carbonyl (C=O) groups excluding carboxylic acids is 2. The minimum Gasteiger partial charge on any atom is -0.466 e. The molecule has 0 aromatic heterocycles. The molecular formula is C66H125NO5. The summed E-state index contributed by atoms with van der Waals surface area (Å²) in [5.41, 5.74) is 0. The third kappa shape index (κ3) is 57.4. The van der Waals surface area contributed by atoms with Gasteiger partial charge in [0.2, 0.25) is 5.91 Å². The molecule has 6 heteroatoms. The van der Waals surface area contributed by atoms with Crippen molar-refractivity contribution in [3.8, 4) is 0 Å². The molecule has 3 N–H and O–H groups in total. The minimum absolute atomic E-state index is 0.00506. The highest BCUT2D eigenvalue weighted by molar-refractivity contribution is 5.76. The van der Waals surface area contributed by atoms with E-state index in [2.05, 4.69) is 43.5 Å². The van der Waals surface area contributed by atoms with Crippen molar-refractivity contribution in [3.05, 3.63) is 36.5 Å². The summed E-state index contributed by atoms with van der Waals surface area (Å²) in [5.74, 6) is -0.0800. The summed E-state index contributed by atoms with van der Waals surface area (Å²) in [5, 5.41) is 23.2. The highest BCUT2D eigenvalue weighted by Gasteiger charge is 2.18. The molecule has 0 aliphatic carbocycles. The van der Waals surface area contributed by atoms with E-state index >= 15 is 0 Å². The van der Waals surface area contributed by atoms with Crippen LogP contribution >= 0.6 is 0 Å². The van der Waals surface area contributed by atoms with Crippen molar-refractivity contribution >= 4 is 11.9 Å². The van der Waals surface area contributed by atoms with E-state index < -0.39 is 12.1 Å². The van der Waals surface area contributed by atoms with E-state index in [1.807, 2.05) is 6.08 Å². The Morgan fingerprint density at radius 2 is 0.653 bits per heavy atom. The lowest BCUT2D eigenvalue weighted by atomic mass is 10.0. The van der Waals surface area contributed by atoms with Crippen LogP contribution in [-0.2, 0) is 14.3 Å². The minimum atomic E-state index is -0.852. The van der Waals surface area contributed by atoms with Crippen LogP contribution in [0.4, 0.5) is 0 Å². The van der Waals surface area contributed by atoms with E-state index in [1.165, 1.54) is 270 Å². The third-order valence-electron chi connectivity index (χ3n) is 14.9. The Morgan fingerprint density at radius 1 is 0.375 bits per heavy atom. The molecule has 72 heavy (non-hydrogen) atoms. The van der Waals surface area contributed by atoms with Gasteiger partial charge in [0, 0.05) is 12.8 Å². The first kappa shape index (κ1) is 70.1. The zero-order chi connectivity index (χ0) is 52.2. The molecule has 0 saturated carbocycles. The average Bonchev–Trinajstić information content (AvgIpc) is 3.38. The van der Waals surface area contributed by atoms with Crippen molar-refractivity contribution in [2.75, 3.05) is 13.2 Å². The molecule has 6 nitrogen and oxygen atoms in total. The number of aliphatic hydroxyl groups excluding tert-OH is 2. The highest BCUT2D eigenvalue weighted by Crippen LogP contribution is 2.17. The number of allylic oxidation sites excluding steroid dienone is 5. The summed E-state index contributed by atoms with van der Waals surface area (Å²) < 4.78 is 5.47. The summed E-state index contributed by atoms with van der Waals surface area (Å²) in [6, 6.07) is -0.637. The second-order valence-electron chi connectivity index (χ2n) is 22.1. The maximum Gasteiger partial charge on any atom is 0.305 e. The predicted molar refractivity (Wildman–Crippen MR) is 315 cm³/mol. The molecule has 0 saturated heterocycles. The van der Waals surface area contributed by atoms with Gasteiger partial charge in [0.1, 0.15) is 0 Å².